The second kappa shape index (κ2) is 5.35. The van der Waals surface area contributed by atoms with Gasteiger partial charge in [0, 0.05) is 31.7 Å². The van der Waals surface area contributed by atoms with E-state index in [0.717, 1.165) is 36.6 Å². The van der Waals surface area contributed by atoms with E-state index >= 15 is 0 Å². The number of rotatable bonds is 1. The summed E-state index contributed by atoms with van der Waals surface area (Å²) in [6, 6.07) is 3.78. The Labute approximate surface area is 146 Å². The first-order valence-electron chi connectivity index (χ1n) is 8.18. The summed E-state index contributed by atoms with van der Waals surface area (Å²) in [6.07, 6.45) is 4.16. The SMILES string of the molecule is Fc1cc2nc(N3CCN4CCCC4C3)c3nncn3c2cc1Br. The molecule has 1 aromatic carbocycles. The molecule has 1 unspecified atom stereocenters. The molecule has 8 heteroatoms. The Morgan fingerprint density at radius 1 is 1.21 bits per heavy atom. The largest absolute Gasteiger partial charge is 0.351 e. The van der Waals surface area contributed by atoms with Gasteiger partial charge in [0.15, 0.2) is 5.82 Å². The number of halogens is 2. The predicted molar refractivity (Wildman–Crippen MR) is 92.8 cm³/mol. The Morgan fingerprint density at radius 2 is 2.12 bits per heavy atom. The van der Waals surface area contributed by atoms with E-state index in [1.54, 1.807) is 12.4 Å². The van der Waals surface area contributed by atoms with Crippen LogP contribution in [0.25, 0.3) is 16.7 Å². The van der Waals surface area contributed by atoms with Crippen molar-refractivity contribution in [3.05, 3.63) is 28.7 Å². The average Bonchev–Trinajstić information content (AvgIpc) is 3.23. The highest BCUT2D eigenvalue weighted by Crippen LogP contribution is 2.30. The van der Waals surface area contributed by atoms with E-state index in [2.05, 4.69) is 35.9 Å². The van der Waals surface area contributed by atoms with Gasteiger partial charge in [-0.05, 0) is 41.4 Å². The zero-order valence-corrected chi connectivity index (χ0v) is 14.6. The highest BCUT2D eigenvalue weighted by atomic mass is 79.9. The van der Waals surface area contributed by atoms with Crippen molar-refractivity contribution in [3.63, 3.8) is 0 Å². The highest BCUT2D eigenvalue weighted by molar-refractivity contribution is 9.10. The first kappa shape index (κ1) is 14.5. The van der Waals surface area contributed by atoms with Gasteiger partial charge in [-0.25, -0.2) is 9.37 Å². The summed E-state index contributed by atoms with van der Waals surface area (Å²) >= 11 is 3.24. The molecule has 2 fully saturated rings. The van der Waals surface area contributed by atoms with Gasteiger partial charge in [-0.1, -0.05) is 0 Å². The van der Waals surface area contributed by atoms with Crippen LogP contribution in [0.5, 0.6) is 0 Å². The maximum absolute atomic E-state index is 14.0. The Morgan fingerprint density at radius 3 is 3.04 bits per heavy atom. The highest BCUT2D eigenvalue weighted by Gasteiger charge is 2.32. The molecule has 3 aromatic rings. The Hall–Kier alpha value is -1.80. The number of anilines is 1. The molecule has 1 atom stereocenters. The number of benzene rings is 1. The fourth-order valence-corrected chi connectivity index (χ4v) is 4.26. The van der Waals surface area contributed by atoms with Gasteiger partial charge in [-0.15, -0.1) is 10.2 Å². The summed E-state index contributed by atoms with van der Waals surface area (Å²) < 4.78 is 16.3. The number of hydrogen-bond acceptors (Lipinski definition) is 5. The second-order valence-corrected chi connectivity index (χ2v) is 7.35. The molecule has 5 rings (SSSR count). The quantitative estimate of drug-likeness (QED) is 0.638. The molecule has 0 spiro atoms. The molecule has 4 heterocycles. The van der Waals surface area contributed by atoms with Crippen molar-refractivity contribution in [2.75, 3.05) is 31.1 Å². The van der Waals surface area contributed by atoms with Gasteiger partial charge in [0.25, 0.3) is 0 Å². The summed E-state index contributed by atoms with van der Waals surface area (Å²) in [4.78, 5) is 9.56. The lowest BCUT2D eigenvalue weighted by Gasteiger charge is -2.38. The lowest BCUT2D eigenvalue weighted by atomic mass is 10.1. The van der Waals surface area contributed by atoms with E-state index in [0.29, 0.717) is 16.0 Å². The van der Waals surface area contributed by atoms with Gasteiger partial charge in [0.05, 0.1) is 15.5 Å². The zero-order valence-electron chi connectivity index (χ0n) is 13.0. The van der Waals surface area contributed by atoms with Gasteiger partial charge < -0.3 is 4.90 Å². The molecule has 0 amide bonds. The molecule has 2 aromatic heterocycles. The Balaban J connectivity index is 1.67. The van der Waals surface area contributed by atoms with Crippen LogP contribution in [0.4, 0.5) is 10.2 Å². The molecule has 0 aliphatic carbocycles. The van der Waals surface area contributed by atoms with Crippen LogP contribution in [-0.4, -0.2) is 56.7 Å². The van der Waals surface area contributed by atoms with E-state index in [1.165, 1.54) is 25.5 Å². The molecular formula is C16H16BrFN6. The number of aromatic nitrogens is 4. The minimum atomic E-state index is -0.311. The molecular weight excluding hydrogens is 375 g/mol. The van der Waals surface area contributed by atoms with Crippen LogP contribution in [0, 0.1) is 5.82 Å². The van der Waals surface area contributed by atoms with Gasteiger partial charge >= 0.3 is 0 Å². The van der Waals surface area contributed by atoms with Gasteiger partial charge in [0.1, 0.15) is 12.1 Å². The smallest absolute Gasteiger partial charge is 0.204 e. The number of piperazine rings is 1. The molecule has 0 radical (unpaired) electrons. The molecule has 6 nitrogen and oxygen atoms in total. The third kappa shape index (κ3) is 2.12. The maximum atomic E-state index is 14.0. The first-order valence-corrected chi connectivity index (χ1v) is 8.97. The van der Waals surface area contributed by atoms with Crippen molar-refractivity contribution in [3.8, 4) is 0 Å². The van der Waals surface area contributed by atoms with Crippen molar-refractivity contribution in [2.24, 2.45) is 0 Å². The molecule has 2 aliphatic heterocycles. The molecule has 124 valence electrons. The monoisotopic (exact) mass is 390 g/mol. The number of hydrogen-bond donors (Lipinski definition) is 0. The molecule has 24 heavy (non-hydrogen) atoms. The minimum Gasteiger partial charge on any atom is -0.351 e. The summed E-state index contributed by atoms with van der Waals surface area (Å²) in [7, 11) is 0. The van der Waals surface area contributed by atoms with Crippen LogP contribution in [0.15, 0.2) is 22.9 Å². The van der Waals surface area contributed by atoms with Crippen LogP contribution in [0.3, 0.4) is 0 Å². The van der Waals surface area contributed by atoms with Crippen molar-refractivity contribution in [1.29, 1.82) is 0 Å². The van der Waals surface area contributed by atoms with Crippen molar-refractivity contribution in [1.82, 2.24) is 24.5 Å². The van der Waals surface area contributed by atoms with E-state index in [4.69, 9.17) is 4.98 Å². The number of fused-ring (bicyclic) bond motifs is 4. The summed E-state index contributed by atoms with van der Waals surface area (Å²) in [5.41, 5.74) is 2.14. The Kier molecular flexibility index (Phi) is 3.24. The van der Waals surface area contributed by atoms with E-state index in [9.17, 15) is 4.39 Å². The lowest BCUT2D eigenvalue weighted by molar-refractivity contribution is 0.230. The van der Waals surface area contributed by atoms with E-state index < -0.39 is 0 Å². The minimum absolute atomic E-state index is 0.311. The van der Waals surface area contributed by atoms with Crippen molar-refractivity contribution >= 4 is 38.4 Å². The third-order valence-corrected chi connectivity index (χ3v) is 5.75. The topological polar surface area (TPSA) is 49.6 Å². The third-order valence-electron chi connectivity index (χ3n) is 5.14. The summed E-state index contributed by atoms with van der Waals surface area (Å²) in [5, 5.41) is 8.32. The maximum Gasteiger partial charge on any atom is 0.204 e. The fraction of sp³-hybridized carbons (Fsp3) is 0.438. The van der Waals surface area contributed by atoms with Gasteiger partial charge in [-0.2, -0.15) is 0 Å². The molecule has 0 saturated carbocycles. The summed E-state index contributed by atoms with van der Waals surface area (Å²) in [5.74, 6) is 0.488. The number of nitrogens with zero attached hydrogens (tertiary/aromatic N) is 6. The predicted octanol–water partition coefficient (Wildman–Crippen LogP) is 2.46. The fourth-order valence-electron chi connectivity index (χ4n) is 3.93. The second-order valence-electron chi connectivity index (χ2n) is 6.49. The zero-order chi connectivity index (χ0) is 16.3. The standard InChI is InChI=1S/C16H16BrFN6/c17-11-6-14-13(7-12(11)18)20-15(16-21-19-9-24(14)16)23-5-4-22-3-1-2-10(22)8-23/h6-7,9-10H,1-5,8H2. The molecule has 0 N–H and O–H groups in total. The normalized spacial score (nSPS) is 21.8. The summed E-state index contributed by atoms with van der Waals surface area (Å²) in [6.45, 7) is 4.10. The molecule has 2 aliphatic rings. The van der Waals surface area contributed by atoms with Crippen molar-refractivity contribution < 1.29 is 4.39 Å². The average molecular weight is 391 g/mol. The van der Waals surface area contributed by atoms with Crippen LogP contribution in [0.2, 0.25) is 0 Å². The van der Waals surface area contributed by atoms with Crippen molar-refractivity contribution in [2.45, 2.75) is 18.9 Å². The van der Waals surface area contributed by atoms with Crippen LogP contribution in [-0.2, 0) is 0 Å². The lowest BCUT2D eigenvalue weighted by Crippen LogP contribution is -2.50. The van der Waals surface area contributed by atoms with Crippen LogP contribution >= 0.6 is 15.9 Å². The van der Waals surface area contributed by atoms with E-state index in [1.807, 2.05) is 4.40 Å². The first-order chi connectivity index (χ1) is 11.7. The van der Waals surface area contributed by atoms with E-state index in [-0.39, 0.29) is 5.82 Å². The van der Waals surface area contributed by atoms with Gasteiger partial charge in [0.2, 0.25) is 5.65 Å². The van der Waals surface area contributed by atoms with Crippen LogP contribution in [0.1, 0.15) is 12.8 Å². The van der Waals surface area contributed by atoms with Gasteiger partial charge in [-0.3, -0.25) is 9.30 Å². The molecule has 2 saturated heterocycles. The molecule has 0 bridgehead atoms. The Bertz CT molecular complexity index is 941. The van der Waals surface area contributed by atoms with Crippen LogP contribution < -0.4 is 4.90 Å².